The summed E-state index contributed by atoms with van der Waals surface area (Å²) in [7, 11) is 0. The summed E-state index contributed by atoms with van der Waals surface area (Å²) in [5, 5.41) is 3.07. The maximum absolute atomic E-state index is 11.8. The predicted octanol–water partition coefficient (Wildman–Crippen LogP) is 1.72. The van der Waals surface area contributed by atoms with Crippen LogP contribution in [0.1, 0.15) is 38.5 Å². The second kappa shape index (κ2) is 4.36. The van der Waals surface area contributed by atoms with Gasteiger partial charge in [-0.25, -0.2) is 0 Å². The summed E-state index contributed by atoms with van der Waals surface area (Å²) < 4.78 is 5.53. The quantitative estimate of drug-likeness (QED) is 0.788. The molecule has 0 bridgehead atoms. The van der Waals surface area contributed by atoms with Crippen molar-refractivity contribution in [3.05, 3.63) is 0 Å². The van der Waals surface area contributed by atoms with Crippen LogP contribution in [0.2, 0.25) is 0 Å². The predicted molar refractivity (Wildman–Crippen MR) is 60.9 cm³/mol. The summed E-state index contributed by atoms with van der Waals surface area (Å²) in [5.41, 5.74) is 0. The summed E-state index contributed by atoms with van der Waals surface area (Å²) in [6.07, 6.45) is 7.43. The van der Waals surface area contributed by atoms with Gasteiger partial charge in [-0.15, -0.1) is 0 Å². The number of nitrogens with one attached hydrogen (secondary N) is 1. The molecule has 16 heavy (non-hydrogen) atoms. The second-order valence-corrected chi connectivity index (χ2v) is 5.64. The van der Waals surface area contributed by atoms with Crippen molar-refractivity contribution in [2.75, 3.05) is 13.2 Å². The molecule has 0 aromatic rings. The topological polar surface area (TPSA) is 38.3 Å². The zero-order chi connectivity index (χ0) is 11.0. The van der Waals surface area contributed by atoms with Gasteiger partial charge in [-0.05, 0) is 50.4 Å². The highest BCUT2D eigenvalue weighted by molar-refractivity contribution is 5.79. The molecule has 3 nitrogen and oxygen atoms in total. The van der Waals surface area contributed by atoms with E-state index in [-0.39, 0.29) is 0 Å². The van der Waals surface area contributed by atoms with Crippen molar-refractivity contribution in [3.63, 3.8) is 0 Å². The molecule has 3 heteroatoms. The van der Waals surface area contributed by atoms with Crippen LogP contribution in [0.15, 0.2) is 0 Å². The van der Waals surface area contributed by atoms with Crippen molar-refractivity contribution < 1.29 is 9.53 Å². The zero-order valence-corrected chi connectivity index (χ0v) is 9.78. The van der Waals surface area contributed by atoms with E-state index in [4.69, 9.17) is 4.74 Å². The first-order chi connectivity index (χ1) is 7.83. The highest BCUT2D eigenvalue weighted by Gasteiger charge is 2.47. The summed E-state index contributed by atoms with van der Waals surface area (Å²) in [6.45, 7) is 1.71. The fourth-order valence-electron chi connectivity index (χ4n) is 3.30. The van der Waals surface area contributed by atoms with Crippen LogP contribution in [0.5, 0.6) is 0 Å². The average Bonchev–Trinajstić information content (AvgIpc) is 2.72. The van der Waals surface area contributed by atoms with E-state index in [0.717, 1.165) is 44.2 Å². The van der Waals surface area contributed by atoms with Gasteiger partial charge in [0.1, 0.15) is 0 Å². The summed E-state index contributed by atoms with van der Waals surface area (Å²) in [4.78, 5) is 11.8. The lowest BCUT2D eigenvalue weighted by atomic mass is 10.0. The lowest BCUT2D eigenvalue weighted by molar-refractivity contribution is -0.125. The maximum atomic E-state index is 11.8. The van der Waals surface area contributed by atoms with E-state index >= 15 is 0 Å². The van der Waals surface area contributed by atoms with Gasteiger partial charge in [-0.3, -0.25) is 4.79 Å². The Balaban J connectivity index is 1.33. The Morgan fingerprint density at radius 2 is 2.06 bits per heavy atom. The highest BCUT2D eigenvalue weighted by atomic mass is 16.5. The summed E-state index contributed by atoms with van der Waals surface area (Å²) in [5.74, 6) is 2.42. The molecule has 0 aromatic carbocycles. The van der Waals surface area contributed by atoms with Gasteiger partial charge in [0.25, 0.3) is 0 Å². The van der Waals surface area contributed by atoms with E-state index < -0.39 is 0 Å². The smallest absolute Gasteiger partial charge is 0.223 e. The Kier molecular flexibility index (Phi) is 2.88. The number of rotatable bonds is 4. The molecule has 1 amide bonds. The van der Waals surface area contributed by atoms with Gasteiger partial charge in [0.2, 0.25) is 5.91 Å². The fourth-order valence-corrected chi connectivity index (χ4v) is 3.30. The summed E-state index contributed by atoms with van der Waals surface area (Å²) in [6, 6.07) is 0. The normalized spacial score (nSPS) is 40.8. The molecule has 1 aliphatic heterocycles. The molecule has 0 aromatic heterocycles. The molecule has 0 radical (unpaired) electrons. The van der Waals surface area contributed by atoms with Crippen molar-refractivity contribution in [2.45, 2.75) is 44.6 Å². The third-order valence-electron chi connectivity index (χ3n) is 4.40. The molecule has 1 N–H and O–H groups in total. The first kappa shape index (κ1) is 10.6. The minimum Gasteiger partial charge on any atom is -0.378 e. The Morgan fingerprint density at radius 1 is 1.25 bits per heavy atom. The van der Waals surface area contributed by atoms with Crippen molar-refractivity contribution in [1.29, 1.82) is 0 Å². The van der Waals surface area contributed by atoms with Crippen LogP contribution in [0.25, 0.3) is 0 Å². The van der Waals surface area contributed by atoms with E-state index in [0.29, 0.717) is 17.9 Å². The van der Waals surface area contributed by atoms with Crippen LogP contribution < -0.4 is 5.32 Å². The fraction of sp³-hybridized carbons (Fsp3) is 0.923. The first-order valence-electron chi connectivity index (χ1n) is 6.72. The summed E-state index contributed by atoms with van der Waals surface area (Å²) >= 11 is 0. The van der Waals surface area contributed by atoms with Crippen LogP contribution >= 0.6 is 0 Å². The van der Waals surface area contributed by atoms with Gasteiger partial charge in [0.15, 0.2) is 0 Å². The number of carbonyl (C=O) groups excluding carboxylic acids is 1. The van der Waals surface area contributed by atoms with Gasteiger partial charge < -0.3 is 10.1 Å². The average molecular weight is 223 g/mol. The molecule has 2 aliphatic carbocycles. The Hall–Kier alpha value is -0.570. The highest BCUT2D eigenvalue weighted by Crippen LogP contribution is 2.54. The Labute approximate surface area is 96.9 Å². The number of fused-ring (bicyclic) bond motifs is 1. The first-order valence-corrected chi connectivity index (χ1v) is 6.72. The van der Waals surface area contributed by atoms with Gasteiger partial charge in [-0.1, -0.05) is 0 Å². The molecular formula is C13H21NO2. The van der Waals surface area contributed by atoms with Gasteiger partial charge in [-0.2, -0.15) is 0 Å². The maximum Gasteiger partial charge on any atom is 0.223 e. The van der Waals surface area contributed by atoms with E-state index in [2.05, 4.69) is 5.32 Å². The third-order valence-corrected chi connectivity index (χ3v) is 4.40. The van der Waals surface area contributed by atoms with Crippen molar-refractivity contribution in [2.24, 2.45) is 17.8 Å². The minimum atomic E-state index is 0.296. The van der Waals surface area contributed by atoms with E-state index in [9.17, 15) is 4.79 Å². The molecule has 3 fully saturated rings. The van der Waals surface area contributed by atoms with E-state index in [1.54, 1.807) is 0 Å². The van der Waals surface area contributed by atoms with Crippen LogP contribution in [-0.2, 0) is 9.53 Å². The molecule has 2 saturated carbocycles. The Morgan fingerprint density at radius 3 is 2.75 bits per heavy atom. The van der Waals surface area contributed by atoms with Crippen LogP contribution in [-0.4, -0.2) is 25.2 Å². The standard InChI is InChI=1S/C13H21NO2/c15-13(11-7-9-6-10(9)8-11)14-4-3-12-2-1-5-16-12/h9-12H,1-8H2,(H,14,15). The monoisotopic (exact) mass is 223 g/mol. The molecule has 1 saturated heterocycles. The zero-order valence-electron chi connectivity index (χ0n) is 9.78. The van der Waals surface area contributed by atoms with Crippen molar-refractivity contribution >= 4 is 5.91 Å². The van der Waals surface area contributed by atoms with Crippen molar-refractivity contribution in [3.8, 4) is 0 Å². The number of hydrogen-bond acceptors (Lipinski definition) is 2. The molecular weight excluding hydrogens is 202 g/mol. The van der Waals surface area contributed by atoms with Gasteiger partial charge in [0.05, 0.1) is 6.10 Å². The number of hydrogen-bond donors (Lipinski definition) is 1. The molecule has 1 heterocycles. The minimum absolute atomic E-state index is 0.296. The van der Waals surface area contributed by atoms with Crippen LogP contribution in [0.3, 0.4) is 0 Å². The largest absolute Gasteiger partial charge is 0.378 e. The second-order valence-electron chi connectivity index (χ2n) is 5.64. The molecule has 0 spiro atoms. The van der Waals surface area contributed by atoms with Gasteiger partial charge >= 0.3 is 0 Å². The van der Waals surface area contributed by atoms with Gasteiger partial charge in [0, 0.05) is 19.1 Å². The van der Waals surface area contributed by atoms with E-state index in [1.807, 2.05) is 0 Å². The lowest BCUT2D eigenvalue weighted by Crippen LogP contribution is -2.32. The lowest BCUT2D eigenvalue weighted by Gasteiger charge is -2.14. The SMILES string of the molecule is O=C(NCCC1CCCO1)C1CC2CC2C1. The van der Waals surface area contributed by atoms with Crippen LogP contribution in [0, 0.1) is 17.8 Å². The molecule has 3 atom stereocenters. The molecule has 3 rings (SSSR count). The molecule has 3 aliphatic rings. The molecule has 3 unspecified atom stereocenters. The van der Waals surface area contributed by atoms with Crippen LogP contribution in [0.4, 0.5) is 0 Å². The Bertz CT molecular complexity index is 263. The number of carbonyl (C=O) groups is 1. The van der Waals surface area contributed by atoms with Crippen molar-refractivity contribution in [1.82, 2.24) is 5.32 Å². The number of amides is 1. The third kappa shape index (κ3) is 2.24. The molecule has 90 valence electrons. The number of ether oxygens (including phenoxy) is 1. The van der Waals surface area contributed by atoms with E-state index in [1.165, 1.54) is 19.3 Å².